The highest BCUT2D eigenvalue weighted by atomic mass is 35.5. The summed E-state index contributed by atoms with van der Waals surface area (Å²) in [4.78, 5) is 20.9. The molecule has 156 valence electrons. The van der Waals surface area contributed by atoms with Gasteiger partial charge in [-0.05, 0) is 42.0 Å². The van der Waals surface area contributed by atoms with Crippen molar-refractivity contribution in [2.45, 2.75) is 12.6 Å². The molecule has 0 N–H and O–H groups in total. The monoisotopic (exact) mass is 444 g/mol. The molecule has 8 heteroatoms. The normalized spacial score (nSPS) is 15.1. The molecule has 0 spiro atoms. The number of halogens is 2. The van der Waals surface area contributed by atoms with Gasteiger partial charge in [-0.3, -0.25) is 0 Å². The van der Waals surface area contributed by atoms with Crippen LogP contribution in [0, 0.1) is 0 Å². The van der Waals surface area contributed by atoms with E-state index >= 15 is 0 Å². The lowest BCUT2D eigenvalue weighted by molar-refractivity contribution is 0.0530. The number of carbonyl (C=O) groups excluding carboxylic acids is 1. The van der Waals surface area contributed by atoms with Crippen LogP contribution in [0.1, 0.15) is 11.7 Å². The van der Waals surface area contributed by atoms with Crippen LogP contribution in [0.2, 0.25) is 10.0 Å². The zero-order chi connectivity index (χ0) is 20.9. The maximum atomic E-state index is 12.9. The fraction of sp³-hybridized carbons (Fsp3) is 0.273. The van der Waals surface area contributed by atoms with Crippen molar-refractivity contribution in [2.24, 2.45) is 0 Å². The molecule has 3 aromatic rings. The second-order valence-electron chi connectivity index (χ2n) is 7.13. The molecule has 6 nitrogen and oxygen atoms in total. The summed E-state index contributed by atoms with van der Waals surface area (Å²) in [5.41, 5.74) is 1.99. The molecular formula is C22H22Cl2N4O2. The third kappa shape index (κ3) is 5.07. The van der Waals surface area contributed by atoms with Crippen molar-refractivity contribution in [3.05, 3.63) is 82.9 Å². The van der Waals surface area contributed by atoms with Crippen molar-refractivity contribution >= 4 is 35.0 Å². The quantitative estimate of drug-likeness (QED) is 0.561. The lowest BCUT2D eigenvalue weighted by atomic mass is 10.1. The van der Waals surface area contributed by atoms with Crippen molar-refractivity contribution in [1.29, 1.82) is 0 Å². The summed E-state index contributed by atoms with van der Waals surface area (Å²) in [6.45, 7) is 3.16. The van der Waals surface area contributed by atoms with Crippen molar-refractivity contribution in [2.75, 3.05) is 31.1 Å². The minimum absolute atomic E-state index is 0.314. The lowest BCUT2D eigenvalue weighted by Crippen LogP contribution is -2.49. The Labute approximate surface area is 185 Å². The average molecular weight is 445 g/mol. The number of imidazole rings is 1. The van der Waals surface area contributed by atoms with Gasteiger partial charge in [-0.1, -0.05) is 35.3 Å². The summed E-state index contributed by atoms with van der Waals surface area (Å²) in [6.07, 6.45) is 4.52. The average Bonchev–Trinajstić information content (AvgIpc) is 3.28. The molecule has 1 fully saturated rings. The number of nitrogens with zero attached hydrogens (tertiary/aromatic N) is 4. The fourth-order valence-electron chi connectivity index (χ4n) is 3.47. The van der Waals surface area contributed by atoms with Crippen LogP contribution in [0.4, 0.5) is 10.5 Å². The Kier molecular flexibility index (Phi) is 6.45. The van der Waals surface area contributed by atoms with Gasteiger partial charge in [0.05, 0.1) is 12.9 Å². The first-order chi connectivity index (χ1) is 14.6. The predicted molar refractivity (Wildman–Crippen MR) is 118 cm³/mol. The minimum atomic E-state index is -0.432. The summed E-state index contributed by atoms with van der Waals surface area (Å²) in [6, 6.07) is 15.1. The second kappa shape index (κ2) is 9.41. The molecule has 30 heavy (non-hydrogen) atoms. The van der Waals surface area contributed by atoms with E-state index in [4.69, 9.17) is 27.9 Å². The zero-order valence-electron chi connectivity index (χ0n) is 16.3. The summed E-state index contributed by atoms with van der Waals surface area (Å²) in [5, 5.41) is 1.36. The van der Waals surface area contributed by atoms with E-state index < -0.39 is 6.10 Å². The zero-order valence-corrected chi connectivity index (χ0v) is 17.8. The van der Waals surface area contributed by atoms with Crippen LogP contribution in [0.15, 0.2) is 67.3 Å². The van der Waals surface area contributed by atoms with E-state index in [1.165, 1.54) is 0 Å². The number of carbonyl (C=O) groups is 1. The Morgan fingerprint density at radius 1 is 0.967 bits per heavy atom. The molecule has 1 aliphatic heterocycles. The number of rotatable bonds is 5. The smallest absolute Gasteiger partial charge is 0.410 e. The van der Waals surface area contributed by atoms with Gasteiger partial charge in [-0.2, -0.15) is 0 Å². The molecule has 1 atom stereocenters. The SMILES string of the molecule is O=C(O[C@@H](Cn1ccnc1)c1ccc(Cl)cc1)N1CCN(c2ccc(Cl)cc2)CC1. The number of amides is 1. The topological polar surface area (TPSA) is 50.6 Å². The van der Waals surface area contributed by atoms with Crippen LogP contribution in [0.5, 0.6) is 0 Å². The van der Waals surface area contributed by atoms with Gasteiger partial charge in [0, 0.05) is 54.3 Å². The second-order valence-corrected chi connectivity index (χ2v) is 8.01. The number of benzene rings is 2. The number of hydrogen-bond acceptors (Lipinski definition) is 4. The van der Waals surface area contributed by atoms with Gasteiger partial charge in [0.2, 0.25) is 0 Å². The Morgan fingerprint density at radius 3 is 2.20 bits per heavy atom. The Bertz CT molecular complexity index is 954. The van der Waals surface area contributed by atoms with Crippen molar-refractivity contribution in [3.8, 4) is 0 Å². The molecule has 0 unspecified atom stereocenters. The molecule has 0 aliphatic carbocycles. The first-order valence-corrected chi connectivity index (χ1v) is 10.5. The largest absolute Gasteiger partial charge is 0.439 e. The van der Waals surface area contributed by atoms with Crippen molar-refractivity contribution in [1.82, 2.24) is 14.5 Å². The van der Waals surface area contributed by atoms with Gasteiger partial charge in [-0.25, -0.2) is 9.78 Å². The molecular weight excluding hydrogens is 423 g/mol. The van der Waals surface area contributed by atoms with Crippen LogP contribution in [0.25, 0.3) is 0 Å². The maximum absolute atomic E-state index is 12.9. The molecule has 1 saturated heterocycles. The van der Waals surface area contributed by atoms with E-state index in [-0.39, 0.29) is 6.09 Å². The van der Waals surface area contributed by atoms with Crippen LogP contribution >= 0.6 is 23.2 Å². The van der Waals surface area contributed by atoms with Crippen molar-refractivity contribution in [3.63, 3.8) is 0 Å². The minimum Gasteiger partial charge on any atom is -0.439 e. The van der Waals surface area contributed by atoms with E-state index in [2.05, 4.69) is 9.88 Å². The molecule has 2 aromatic carbocycles. The van der Waals surface area contributed by atoms with Gasteiger partial charge in [0.15, 0.2) is 0 Å². The number of aromatic nitrogens is 2. The van der Waals surface area contributed by atoms with Crippen LogP contribution in [-0.4, -0.2) is 46.7 Å². The highest BCUT2D eigenvalue weighted by Gasteiger charge is 2.26. The van der Waals surface area contributed by atoms with Crippen LogP contribution in [-0.2, 0) is 11.3 Å². The number of ether oxygens (including phenoxy) is 1. The third-order valence-corrected chi connectivity index (χ3v) is 5.65. The molecule has 1 aliphatic rings. The maximum Gasteiger partial charge on any atom is 0.410 e. The molecule has 1 amide bonds. The molecule has 1 aromatic heterocycles. The van der Waals surface area contributed by atoms with Gasteiger partial charge >= 0.3 is 6.09 Å². The summed E-state index contributed by atoms with van der Waals surface area (Å²) < 4.78 is 7.80. The van der Waals surface area contributed by atoms with E-state index in [0.29, 0.717) is 29.7 Å². The molecule has 0 radical (unpaired) electrons. The first kappa shape index (κ1) is 20.6. The highest BCUT2D eigenvalue weighted by molar-refractivity contribution is 6.30. The Balaban J connectivity index is 1.40. The van der Waals surface area contributed by atoms with E-state index in [1.807, 2.05) is 47.2 Å². The van der Waals surface area contributed by atoms with Crippen molar-refractivity contribution < 1.29 is 9.53 Å². The van der Waals surface area contributed by atoms with Crippen LogP contribution < -0.4 is 4.90 Å². The third-order valence-electron chi connectivity index (χ3n) is 5.15. The molecule has 0 bridgehead atoms. The summed E-state index contributed by atoms with van der Waals surface area (Å²) in [5.74, 6) is 0. The lowest BCUT2D eigenvalue weighted by Gasteiger charge is -2.36. The van der Waals surface area contributed by atoms with Crippen LogP contribution in [0.3, 0.4) is 0 Å². The van der Waals surface area contributed by atoms with Gasteiger partial charge in [0.25, 0.3) is 0 Å². The Morgan fingerprint density at radius 2 is 1.60 bits per heavy atom. The first-order valence-electron chi connectivity index (χ1n) is 9.76. The van der Waals surface area contributed by atoms with E-state index in [9.17, 15) is 4.79 Å². The summed E-state index contributed by atoms with van der Waals surface area (Å²) in [7, 11) is 0. The van der Waals surface area contributed by atoms with Gasteiger partial charge in [-0.15, -0.1) is 0 Å². The van der Waals surface area contributed by atoms with E-state index in [1.54, 1.807) is 29.6 Å². The predicted octanol–water partition coefficient (Wildman–Crippen LogP) is 4.89. The standard InChI is InChI=1S/C22H22Cl2N4O2/c23-18-3-1-17(2-4-18)21(15-26-10-9-25-16-26)30-22(29)28-13-11-27(12-14-28)20-7-5-19(24)6-8-20/h1-10,16,21H,11-15H2/t21-/m0/s1. The highest BCUT2D eigenvalue weighted by Crippen LogP contribution is 2.24. The van der Waals surface area contributed by atoms with Gasteiger partial charge < -0.3 is 19.1 Å². The molecule has 0 saturated carbocycles. The fourth-order valence-corrected chi connectivity index (χ4v) is 3.72. The number of piperazine rings is 1. The molecule has 2 heterocycles. The number of anilines is 1. The summed E-state index contributed by atoms with van der Waals surface area (Å²) >= 11 is 12.0. The van der Waals surface area contributed by atoms with E-state index in [0.717, 1.165) is 24.3 Å². The van der Waals surface area contributed by atoms with Gasteiger partial charge in [0.1, 0.15) is 6.10 Å². The molecule has 4 rings (SSSR count). The number of hydrogen-bond donors (Lipinski definition) is 0. The Hall–Kier alpha value is -2.70.